The molecule has 0 spiro atoms. The summed E-state index contributed by atoms with van der Waals surface area (Å²) in [4.78, 5) is 17.5. The SMILES string of the molecule is COc1ccc(NC(=O)c2cc(-c3ccccc3F)nc3onc(C)c23)c(OC)c1. The number of hydrogen-bond acceptors (Lipinski definition) is 6. The van der Waals surface area contributed by atoms with Gasteiger partial charge in [0.1, 0.15) is 17.3 Å². The lowest BCUT2D eigenvalue weighted by Gasteiger charge is -2.12. The Morgan fingerprint density at radius 1 is 1.10 bits per heavy atom. The molecule has 2 heterocycles. The van der Waals surface area contributed by atoms with Gasteiger partial charge in [0.05, 0.1) is 42.2 Å². The monoisotopic (exact) mass is 407 g/mol. The number of methoxy groups -OCH3 is 2. The van der Waals surface area contributed by atoms with Crippen LogP contribution < -0.4 is 14.8 Å². The van der Waals surface area contributed by atoms with E-state index in [2.05, 4.69) is 15.5 Å². The quantitative estimate of drug-likeness (QED) is 0.520. The van der Waals surface area contributed by atoms with E-state index in [0.29, 0.717) is 28.3 Å². The summed E-state index contributed by atoms with van der Waals surface area (Å²) in [7, 11) is 3.04. The Labute approximate surface area is 171 Å². The molecular weight excluding hydrogens is 389 g/mol. The largest absolute Gasteiger partial charge is 0.497 e. The van der Waals surface area contributed by atoms with Crippen LogP contribution in [0.4, 0.5) is 10.1 Å². The number of aryl methyl sites for hydroxylation is 1. The van der Waals surface area contributed by atoms with Crippen molar-refractivity contribution >= 4 is 22.7 Å². The van der Waals surface area contributed by atoms with Crippen molar-refractivity contribution < 1.29 is 23.2 Å². The van der Waals surface area contributed by atoms with Crippen LogP contribution in [0.3, 0.4) is 0 Å². The first-order chi connectivity index (χ1) is 14.5. The Hall–Kier alpha value is -3.94. The van der Waals surface area contributed by atoms with Gasteiger partial charge in [-0.3, -0.25) is 4.79 Å². The molecule has 0 aliphatic rings. The van der Waals surface area contributed by atoms with E-state index in [1.165, 1.54) is 19.2 Å². The van der Waals surface area contributed by atoms with Gasteiger partial charge in [0.15, 0.2) is 0 Å². The minimum atomic E-state index is -0.455. The average Bonchev–Trinajstić information content (AvgIpc) is 3.14. The number of aromatic nitrogens is 2. The molecule has 0 bridgehead atoms. The van der Waals surface area contributed by atoms with Gasteiger partial charge in [-0.25, -0.2) is 9.37 Å². The predicted octanol–water partition coefficient (Wildman–Crippen LogP) is 4.61. The van der Waals surface area contributed by atoms with Gasteiger partial charge < -0.3 is 19.3 Å². The predicted molar refractivity (Wildman–Crippen MR) is 109 cm³/mol. The van der Waals surface area contributed by atoms with E-state index in [1.54, 1.807) is 50.4 Å². The molecule has 8 heteroatoms. The molecule has 0 atom stereocenters. The van der Waals surface area contributed by atoms with E-state index in [4.69, 9.17) is 14.0 Å². The second-order valence-electron chi connectivity index (χ2n) is 6.50. The summed E-state index contributed by atoms with van der Waals surface area (Å²) >= 11 is 0. The molecule has 4 aromatic rings. The van der Waals surface area contributed by atoms with Crippen LogP contribution in [0.1, 0.15) is 16.1 Å². The molecule has 0 saturated carbocycles. The molecule has 0 aliphatic carbocycles. The van der Waals surface area contributed by atoms with Crippen molar-refractivity contribution in [3.8, 4) is 22.8 Å². The minimum Gasteiger partial charge on any atom is -0.497 e. The molecule has 4 rings (SSSR count). The fourth-order valence-electron chi connectivity index (χ4n) is 3.17. The van der Waals surface area contributed by atoms with Crippen LogP contribution in [0.5, 0.6) is 11.5 Å². The number of carbonyl (C=O) groups is 1. The molecule has 0 unspecified atom stereocenters. The summed E-state index contributed by atoms with van der Waals surface area (Å²) < 4.78 is 30.1. The maximum absolute atomic E-state index is 14.3. The van der Waals surface area contributed by atoms with E-state index in [1.807, 2.05) is 0 Å². The van der Waals surface area contributed by atoms with Crippen molar-refractivity contribution in [3.63, 3.8) is 0 Å². The van der Waals surface area contributed by atoms with Crippen molar-refractivity contribution in [2.24, 2.45) is 0 Å². The molecule has 0 radical (unpaired) electrons. The Kier molecular flexibility index (Phi) is 5.05. The van der Waals surface area contributed by atoms with Gasteiger partial charge in [0, 0.05) is 11.6 Å². The van der Waals surface area contributed by atoms with Crippen LogP contribution in [0, 0.1) is 12.7 Å². The number of anilines is 1. The molecule has 2 aromatic carbocycles. The fourth-order valence-corrected chi connectivity index (χ4v) is 3.17. The van der Waals surface area contributed by atoms with E-state index >= 15 is 0 Å². The second-order valence-corrected chi connectivity index (χ2v) is 6.50. The van der Waals surface area contributed by atoms with Crippen molar-refractivity contribution in [1.82, 2.24) is 10.1 Å². The number of nitrogens with one attached hydrogen (secondary N) is 1. The molecule has 1 N–H and O–H groups in total. The zero-order chi connectivity index (χ0) is 21.3. The first-order valence-corrected chi connectivity index (χ1v) is 9.07. The Bertz CT molecular complexity index is 1250. The normalized spacial score (nSPS) is 10.8. The third kappa shape index (κ3) is 3.43. The number of pyridine rings is 1. The van der Waals surface area contributed by atoms with Gasteiger partial charge in [-0.1, -0.05) is 17.3 Å². The maximum atomic E-state index is 14.3. The summed E-state index contributed by atoms with van der Waals surface area (Å²) in [5, 5.41) is 7.19. The van der Waals surface area contributed by atoms with Gasteiger partial charge >= 0.3 is 0 Å². The number of nitrogens with zero attached hydrogens (tertiary/aromatic N) is 2. The van der Waals surface area contributed by atoms with Crippen molar-refractivity contribution in [3.05, 3.63) is 65.6 Å². The van der Waals surface area contributed by atoms with E-state index in [9.17, 15) is 9.18 Å². The molecular formula is C22H18FN3O4. The van der Waals surface area contributed by atoms with Crippen LogP contribution >= 0.6 is 0 Å². The topological polar surface area (TPSA) is 86.5 Å². The lowest BCUT2D eigenvalue weighted by Crippen LogP contribution is -2.14. The number of hydrogen-bond donors (Lipinski definition) is 1. The standard InChI is InChI=1S/C22H18FN3O4/c1-12-20-15(21(27)24-17-9-8-13(28-2)10-19(17)29-3)11-18(25-22(20)30-26-12)14-6-4-5-7-16(14)23/h4-11H,1-3H3,(H,24,27). The van der Waals surface area contributed by atoms with Crippen LogP contribution in [-0.4, -0.2) is 30.3 Å². The van der Waals surface area contributed by atoms with Gasteiger partial charge in [0.2, 0.25) is 0 Å². The number of fused-ring (bicyclic) bond motifs is 1. The molecule has 1 amide bonds. The van der Waals surface area contributed by atoms with E-state index < -0.39 is 11.7 Å². The first-order valence-electron chi connectivity index (χ1n) is 9.07. The highest BCUT2D eigenvalue weighted by molar-refractivity contribution is 6.13. The summed E-state index contributed by atoms with van der Waals surface area (Å²) in [6.07, 6.45) is 0. The minimum absolute atomic E-state index is 0.153. The van der Waals surface area contributed by atoms with Crippen LogP contribution in [0.2, 0.25) is 0 Å². The Balaban J connectivity index is 1.81. The van der Waals surface area contributed by atoms with E-state index in [0.717, 1.165) is 0 Å². The summed E-state index contributed by atoms with van der Waals surface area (Å²) in [6.45, 7) is 1.71. The second kappa shape index (κ2) is 7.82. The molecule has 0 saturated heterocycles. The highest BCUT2D eigenvalue weighted by atomic mass is 19.1. The number of carbonyl (C=O) groups excluding carboxylic acids is 1. The highest BCUT2D eigenvalue weighted by Gasteiger charge is 2.21. The molecule has 0 fully saturated rings. The summed E-state index contributed by atoms with van der Waals surface area (Å²) in [6, 6.07) is 12.7. The zero-order valence-corrected chi connectivity index (χ0v) is 16.5. The van der Waals surface area contributed by atoms with Crippen molar-refractivity contribution in [2.75, 3.05) is 19.5 Å². The third-order valence-corrected chi connectivity index (χ3v) is 4.67. The first kappa shape index (κ1) is 19.4. The fraction of sp³-hybridized carbons (Fsp3) is 0.136. The summed E-state index contributed by atoms with van der Waals surface area (Å²) in [5.74, 6) is 0.135. The molecule has 2 aromatic heterocycles. The third-order valence-electron chi connectivity index (χ3n) is 4.67. The number of rotatable bonds is 5. The van der Waals surface area contributed by atoms with Gasteiger partial charge in [-0.2, -0.15) is 0 Å². The van der Waals surface area contributed by atoms with Crippen LogP contribution in [0.15, 0.2) is 53.1 Å². The van der Waals surface area contributed by atoms with Crippen molar-refractivity contribution in [2.45, 2.75) is 6.92 Å². The number of halogens is 1. The van der Waals surface area contributed by atoms with E-state index in [-0.39, 0.29) is 22.5 Å². The molecule has 30 heavy (non-hydrogen) atoms. The van der Waals surface area contributed by atoms with Crippen LogP contribution in [-0.2, 0) is 0 Å². The maximum Gasteiger partial charge on any atom is 0.259 e. The number of benzene rings is 2. The lowest BCUT2D eigenvalue weighted by molar-refractivity contribution is 0.102. The Morgan fingerprint density at radius 2 is 1.90 bits per heavy atom. The molecule has 0 aliphatic heterocycles. The lowest BCUT2D eigenvalue weighted by atomic mass is 10.0. The molecule has 7 nitrogen and oxygen atoms in total. The number of ether oxygens (including phenoxy) is 2. The van der Waals surface area contributed by atoms with Gasteiger partial charge in [-0.15, -0.1) is 0 Å². The number of amides is 1. The van der Waals surface area contributed by atoms with Gasteiger partial charge in [-0.05, 0) is 37.3 Å². The van der Waals surface area contributed by atoms with Gasteiger partial charge in [0.25, 0.3) is 11.6 Å². The molecule has 152 valence electrons. The smallest absolute Gasteiger partial charge is 0.259 e. The zero-order valence-electron chi connectivity index (χ0n) is 16.5. The highest BCUT2D eigenvalue weighted by Crippen LogP contribution is 2.32. The van der Waals surface area contributed by atoms with Crippen LogP contribution in [0.25, 0.3) is 22.4 Å². The Morgan fingerprint density at radius 3 is 2.63 bits per heavy atom. The average molecular weight is 407 g/mol. The summed E-state index contributed by atoms with van der Waals surface area (Å²) in [5.41, 5.74) is 1.89. The van der Waals surface area contributed by atoms with Crippen molar-refractivity contribution in [1.29, 1.82) is 0 Å².